The summed E-state index contributed by atoms with van der Waals surface area (Å²) in [4.78, 5) is 17.6. The van der Waals surface area contributed by atoms with Crippen molar-refractivity contribution in [3.8, 4) is 17.4 Å². The summed E-state index contributed by atoms with van der Waals surface area (Å²) in [5, 5.41) is 3.45. The zero-order chi connectivity index (χ0) is 19.8. The summed E-state index contributed by atoms with van der Waals surface area (Å²) in [5.41, 5.74) is 6.65. The minimum absolute atomic E-state index is 0.331. The molecule has 1 fully saturated rings. The number of hydrogen-bond donors (Lipinski definition) is 2. The van der Waals surface area contributed by atoms with Gasteiger partial charge in [-0.3, -0.25) is 9.69 Å². The molecule has 8 nitrogen and oxygen atoms in total. The zero-order valence-electron chi connectivity index (χ0n) is 16.0. The highest BCUT2D eigenvalue weighted by Crippen LogP contribution is 2.31. The number of carbonyl (C=O) groups excluding carboxylic acids is 1. The van der Waals surface area contributed by atoms with E-state index in [2.05, 4.69) is 15.2 Å². The number of methoxy groups -OCH3 is 1. The number of nitrogens with zero attached hydrogens (tertiary/aromatic N) is 2. The molecule has 1 aromatic heterocycles. The largest absolute Gasteiger partial charge is 0.493 e. The van der Waals surface area contributed by atoms with Crippen LogP contribution in [0.25, 0.3) is 0 Å². The molecule has 3 N–H and O–H groups in total. The lowest BCUT2D eigenvalue weighted by atomic mass is 10.2. The van der Waals surface area contributed by atoms with Crippen molar-refractivity contribution in [1.82, 2.24) is 15.2 Å². The Hall–Kier alpha value is -2.68. The Balaban J connectivity index is 1.53. The molecule has 1 aliphatic rings. The first-order valence-corrected chi connectivity index (χ1v) is 9.27. The fourth-order valence-corrected chi connectivity index (χ4v) is 2.90. The van der Waals surface area contributed by atoms with Gasteiger partial charge in [0.05, 0.1) is 25.9 Å². The molecule has 28 heavy (non-hydrogen) atoms. The van der Waals surface area contributed by atoms with Crippen molar-refractivity contribution in [1.29, 1.82) is 0 Å². The molecule has 2 heterocycles. The summed E-state index contributed by atoms with van der Waals surface area (Å²) < 4.78 is 16.6. The lowest BCUT2D eigenvalue weighted by Gasteiger charge is -2.26. The van der Waals surface area contributed by atoms with Gasteiger partial charge in [0.15, 0.2) is 11.5 Å². The van der Waals surface area contributed by atoms with Gasteiger partial charge in [-0.1, -0.05) is 6.07 Å². The van der Waals surface area contributed by atoms with Crippen molar-refractivity contribution in [3.05, 3.63) is 47.7 Å². The maximum Gasteiger partial charge on any atom is 0.250 e. The minimum Gasteiger partial charge on any atom is -0.493 e. The summed E-state index contributed by atoms with van der Waals surface area (Å²) in [5.74, 6) is 1.01. The number of pyridine rings is 1. The Morgan fingerprint density at radius 3 is 2.75 bits per heavy atom. The molecule has 0 spiro atoms. The Labute approximate surface area is 164 Å². The standard InChI is InChI=1S/C20H26N4O4/c1-26-18-12-15(13-22-6-7-24-8-10-27-11-9-24)2-4-17(18)28-19-5-3-16(14-23-19)20(21)25/h2-5,12,14,22H,6-11,13H2,1H3,(H2,21,25). The van der Waals surface area contributed by atoms with E-state index < -0.39 is 5.91 Å². The highest BCUT2D eigenvalue weighted by atomic mass is 16.5. The normalized spacial score (nSPS) is 14.6. The number of rotatable bonds is 9. The van der Waals surface area contributed by atoms with Gasteiger partial charge in [0, 0.05) is 45.0 Å². The van der Waals surface area contributed by atoms with Crippen LogP contribution >= 0.6 is 0 Å². The number of benzene rings is 1. The predicted octanol–water partition coefficient (Wildman–Crippen LogP) is 1.40. The molecule has 0 atom stereocenters. The van der Waals surface area contributed by atoms with Crippen molar-refractivity contribution < 1.29 is 19.0 Å². The minimum atomic E-state index is -0.526. The first-order valence-electron chi connectivity index (χ1n) is 9.27. The number of carbonyl (C=O) groups is 1. The van der Waals surface area contributed by atoms with E-state index in [0.717, 1.165) is 51.5 Å². The maximum absolute atomic E-state index is 11.1. The third-order valence-electron chi connectivity index (χ3n) is 4.50. The summed E-state index contributed by atoms with van der Waals surface area (Å²) in [6.45, 7) is 6.29. The van der Waals surface area contributed by atoms with E-state index in [-0.39, 0.29) is 0 Å². The van der Waals surface area contributed by atoms with Crippen LogP contribution in [0.4, 0.5) is 0 Å². The molecular weight excluding hydrogens is 360 g/mol. The number of aromatic nitrogens is 1. The van der Waals surface area contributed by atoms with E-state index in [4.69, 9.17) is 19.9 Å². The van der Waals surface area contributed by atoms with Gasteiger partial charge in [-0.15, -0.1) is 0 Å². The summed E-state index contributed by atoms with van der Waals surface area (Å²) in [6.07, 6.45) is 1.39. The van der Waals surface area contributed by atoms with Crippen LogP contribution in [0.2, 0.25) is 0 Å². The second-order valence-electron chi connectivity index (χ2n) is 6.47. The number of ether oxygens (including phenoxy) is 3. The molecule has 0 aliphatic carbocycles. The molecule has 0 radical (unpaired) electrons. The SMILES string of the molecule is COc1cc(CNCCN2CCOCC2)ccc1Oc1ccc(C(N)=O)cn1. The third kappa shape index (κ3) is 5.66. The van der Waals surface area contributed by atoms with Crippen molar-refractivity contribution in [2.24, 2.45) is 5.73 Å². The van der Waals surface area contributed by atoms with E-state index in [0.29, 0.717) is 22.9 Å². The zero-order valence-corrected chi connectivity index (χ0v) is 16.0. The van der Waals surface area contributed by atoms with Crippen LogP contribution in [-0.4, -0.2) is 62.3 Å². The van der Waals surface area contributed by atoms with Gasteiger partial charge in [-0.2, -0.15) is 0 Å². The molecule has 1 amide bonds. The molecule has 8 heteroatoms. The van der Waals surface area contributed by atoms with Crippen LogP contribution < -0.4 is 20.5 Å². The average molecular weight is 386 g/mol. The van der Waals surface area contributed by atoms with E-state index in [1.54, 1.807) is 19.2 Å². The molecule has 1 aliphatic heterocycles. The highest BCUT2D eigenvalue weighted by molar-refractivity contribution is 5.92. The second-order valence-corrected chi connectivity index (χ2v) is 6.47. The van der Waals surface area contributed by atoms with Crippen LogP contribution in [0.15, 0.2) is 36.5 Å². The van der Waals surface area contributed by atoms with Crippen molar-refractivity contribution >= 4 is 5.91 Å². The summed E-state index contributed by atoms with van der Waals surface area (Å²) in [6, 6.07) is 8.94. The third-order valence-corrected chi connectivity index (χ3v) is 4.50. The monoisotopic (exact) mass is 386 g/mol. The van der Waals surface area contributed by atoms with Crippen molar-refractivity contribution in [3.63, 3.8) is 0 Å². The van der Waals surface area contributed by atoms with E-state index in [9.17, 15) is 4.79 Å². The van der Waals surface area contributed by atoms with Gasteiger partial charge < -0.3 is 25.3 Å². The Morgan fingerprint density at radius 2 is 2.07 bits per heavy atom. The van der Waals surface area contributed by atoms with Crippen molar-refractivity contribution in [2.45, 2.75) is 6.54 Å². The van der Waals surface area contributed by atoms with Crippen LogP contribution in [0, 0.1) is 0 Å². The number of nitrogens with two attached hydrogens (primary N) is 1. The van der Waals surface area contributed by atoms with Crippen LogP contribution in [0.3, 0.4) is 0 Å². The van der Waals surface area contributed by atoms with E-state index in [1.807, 2.05) is 18.2 Å². The van der Waals surface area contributed by atoms with Gasteiger partial charge in [-0.25, -0.2) is 4.98 Å². The van der Waals surface area contributed by atoms with Crippen LogP contribution in [0.1, 0.15) is 15.9 Å². The number of hydrogen-bond acceptors (Lipinski definition) is 7. The van der Waals surface area contributed by atoms with Gasteiger partial charge in [0.1, 0.15) is 0 Å². The summed E-state index contributed by atoms with van der Waals surface area (Å²) >= 11 is 0. The molecule has 1 aromatic carbocycles. The lowest BCUT2D eigenvalue weighted by molar-refractivity contribution is 0.0384. The number of nitrogens with one attached hydrogen (secondary N) is 1. The Morgan fingerprint density at radius 1 is 1.25 bits per heavy atom. The van der Waals surface area contributed by atoms with E-state index >= 15 is 0 Å². The van der Waals surface area contributed by atoms with Gasteiger partial charge in [0.25, 0.3) is 0 Å². The van der Waals surface area contributed by atoms with Crippen molar-refractivity contribution in [2.75, 3.05) is 46.5 Å². The van der Waals surface area contributed by atoms with Gasteiger partial charge in [0.2, 0.25) is 11.8 Å². The quantitative estimate of drug-likeness (QED) is 0.629. The van der Waals surface area contributed by atoms with Gasteiger partial charge >= 0.3 is 0 Å². The molecule has 150 valence electrons. The predicted molar refractivity (Wildman–Crippen MR) is 105 cm³/mol. The summed E-state index contributed by atoms with van der Waals surface area (Å²) in [7, 11) is 1.60. The topological polar surface area (TPSA) is 98.9 Å². The number of morpholine rings is 1. The Kier molecular flexibility index (Phi) is 7.18. The first-order chi connectivity index (χ1) is 13.7. The number of amides is 1. The Bertz CT molecular complexity index is 776. The first kappa shape index (κ1) is 20.1. The highest BCUT2D eigenvalue weighted by Gasteiger charge is 2.11. The fourth-order valence-electron chi connectivity index (χ4n) is 2.90. The fraction of sp³-hybridized carbons (Fsp3) is 0.400. The molecule has 2 aromatic rings. The molecule has 3 rings (SSSR count). The van der Waals surface area contributed by atoms with E-state index in [1.165, 1.54) is 6.20 Å². The van der Waals surface area contributed by atoms with Gasteiger partial charge in [-0.05, 0) is 23.8 Å². The smallest absolute Gasteiger partial charge is 0.250 e. The molecule has 0 saturated carbocycles. The lowest BCUT2D eigenvalue weighted by Crippen LogP contribution is -2.40. The molecule has 0 unspecified atom stereocenters. The second kappa shape index (κ2) is 10.0. The maximum atomic E-state index is 11.1. The molecule has 1 saturated heterocycles. The number of primary amides is 1. The van der Waals surface area contributed by atoms with Crippen LogP contribution in [0.5, 0.6) is 17.4 Å². The average Bonchev–Trinajstić information content (AvgIpc) is 2.73. The van der Waals surface area contributed by atoms with Crippen LogP contribution in [-0.2, 0) is 11.3 Å². The molecular formula is C20H26N4O4. The molecule has 0 bridgehead atoms.